The summed E-state index contributed by atoms with van der Waals surface area (Å²) in [7, 11) is 4.45. The van der Waals surface area contributed by atoms with E-state index in [0.717, 1.165) is 23.8 Å². The molecule has 0 aromatic heterocycles. The van der Waals surface area contributed by atoms with E-state index in [0.29, 0.717) is 0 Å². The predicted octanol–water partition coefficient (Wildman–Crippen LogP) is 2.30. The van der Waals surface area contributed by atoms with E-state index in [1.165, 1.54) is 38.9 Å². The van der Waals surface area contributed by atoms with Gasteiger partial charge < -0.3 is 9.80 Å². The molecule has 2 heterocycles. The van der Waals surface area contributed by atoms with Crippen LogP contribution in [0.2, 0.25) is 0 Å². The van der Waals surface area contributed by atoms with E-state index >= 15 is 0 Å². The Balaban J connectivity index is 0.000000105. The molecule has 4 unspecified atom stereocenters. The molecule has 0 bridgehead atoms. The second kappa shape index (κ2) is 5.05. The molecule has 0 spiro atoms. The number of hydrogen-bond acceptors (Lipinski definition) is 2. The van der Waals surface area contributed by atoms with Crippen LogP contribution in [-0.2, 0) is 0 Å². The lowest BCUT2D eigenvalue weighted by atomic mass is 10.3. The molecule has 16 heavy (non-hydrogen) atoms. The number of hydrogen-bond donors (Lipinski definition) is 0. The van der Waals surface area contributed by atoms with Crippen LogP contribution in [0.5, 0.6) is 0 Å². The summed E-state index contributed by atoms with van der Waals surface area (Å²) in [5.74, 6) is 3.35. The lowest BCUT2D eigenvalue weighted by Gasteiger charge is -2.06. The van der Waals surface area contributed by atoms with E-state index in [4.69, 9.17) is 0 Å². The van der Waals surface area contributed by atoms with Gasteiger partial charge in [-0.05, 0) is 57.7 Å². The zero-order valence-electron chi connectivity index (χ0n) is 11.4. The molecule has 2 aliphatic heterocycles. The first-order chi connectivity index (χ1) is 7.74. The number of nitrogens with zero attached hydrogens (tertiary/aromatic N) is 2. The van der Waals surface area contributed by atoms with Crippen LogP contribution < -0.4 is 0 Å². The maximum Gasteiger partial charge on any atom is 0.0125 e. The Kier molecular flexibility index (Phi) is 3.91. The van der Waals surface area contributed by atoms with Crippen LogP contribution in [0.1, 0.15) is 33.1 Å². The van der Waals surface area contributed by atoms with Gasteiger partial charge in [-0.2, -0.15) is 0 Å². The zero-order chi connectivity index (χ0) is 11.7. The van der Waals surface area contributed by atoms with Crippen molar-refractivity contribution in [1.29, 1.82) is 0 Å². The van der Waals surface area contributed by atoms with Crippen LogP contribution >= 0.6 is 0 Å². The zero-order valence-corrected chi connectivity index (χ0v) is 11.4. The summed E-state index contributed by atoms with van der Waals surface area (Å²) >= 11 is 0. The fourth-order valence-electron chi connectivity index (χ4n) is 3.25. The summed E-state index contributed by atoms with van der Waals surface area (Å²) in [5.41, 5.74) is 0. The quantitative estimate of drug-likeness (QED) is 0.623. The highest BCUT2D eigenvalue weighted by atomic mass is 15.2. The molecule has 2 heteroatoms. The fourth-order valence-corrected chi connectivity index (χ4v) is 3.25. The second-order valence-corrected chi connectivity index (χ2v) is 5.81. The first-order valence-electron chi connectivity index (χ1n) is 7.13. The van der Waals surface area contributed by atoms with Crippen LogP contribution in [0.25, 0.3) is 0 Å². The topological polar surface area (TPSA) is 6.48 Å². The highest BCUT2D eigenvalue weighted by Crippen LogP contribution is 2.44. The van der Waals surface area contributed by atoms with Crippen LogP contribution in [0, 0.1) is 17.8 Å². The van der Waals surface area contributed by atoms with Crippen molar-refractivity contribution in [1.82, 2.24) is 9.80 Å². The molecule has 0 aromatic carbocycles. The monoisotopic (exact) mass is 224 g/mol. The first kappa shape index (κ1) is 12.4. The van der Waals surface area contributed by atoms with E-state index in [2.05, 4.69) is 23.9 Å². The first-order valence-corrected chi connectivity index (χ1v) is 7.13. The van der Waals surface area contributed by atoms with Gasteiger partial charge in [-0.1, -0.05) is 13.8 Å². The third-order valence-corrected chi connectivity index (χ3v) is 4.47. The Labute approximate surface area is 101 Å². The van der Waals surface area contributed by atoms with Crippen LogP contribution in [0.3, 0.4) is 0 Å². The SMILES string of the molecule is CC.CN1CC2CC2C1.CN1CCC2CC21. The smallest absolute Gasteiger partial charge is 0.0125 e. The van der Waals surface area contributed by atoms with Crippen molar-refractivity contribution in [2.24, 2.45) is 17.8 Å². The highest BCUT2D eigenvalue weighted by Gasteiger charge is 2.44. The third kappa shape index (κ3) is 2.78. The van der Waals surface area contributed by atoms with Crippen molar-refractivity contribution in [3.05, 3.63) is 0 Å². The van der Waals surface area contributed by atoms with Gasteiger partial charge in [0.05, 0.1) is 0 Å². The molecule has 0 radical (unpaired) electrons. The molecule has 4 aliphatic rings. The molecule has 4 fully saturated rings. The number of piperidine rings is 2. The normalized spacial score (nSPS) is 43.5. The second-order valence-electron chi connectivity index (χ2n) is 5.81. The Bertz CT molecular complexity index is 219. The van der Waals surface area contributed by atoms with E-state index < -0.39 is 0 Å². The van der Waals surface area contributed by atoms with Gasteiger partial charge in [0.25, 0.3) is 0 Å². The lowest BCUT2D eigenvalue weighted by molar-refractivity contribution is 0.369. The van der Waals surface area contributed by atoms with Gasteiger partial charge in [-0.15, -0.1) is 0 Å². The van der Waals surface area contributed by atoms with Gasteiger partial charge in [-0.3, -0.25) is 0 Å². The Hall–Kier alpha value is -0.0800. The van der Waals surface area contributed by atoms with E-state index in [9.17, 15) is 0 Å². The van der Waals surface area contributed by atoms with Gasteiger partial charge in [0.2, 0.25) is 0 Å². The number of rotatable bonds is 0. The van der Waals surface area contributed by atoms with E-state index in [1.807, 2.05) is 13.8 Å². The van der Waals surface area contributed by atoms with Crippen molar-refractivity contribution in [2.75, 3.05) is 33.7 Å². The van der Waals surface area contributed by atoms with Crippen molar-refractivity contribution in [2.45, 2.75) is 39.2 Å². The average Bonchev–Trinajstić information content (AvgIpc) is 3.16. The molecule has 2 aliphatic carbocycles. The van der Waals surface area contributed by atoms with Crippen molar-refractivity contribution in [3.8, 4) is 0 Å². The van der Waals surface area contributed by atoms with E-state index in [1.54, 1.807) is 0 Å². The molecule has 4 atom stereocenters. The summed E-state index contributed by atoms with van der Waals surface area (Å²) in [6.45, 7) is 8.12. The van der Waals surface area contributed by atoms with Crippen molar-refractivity contribution < 1.29 is 0 Å². The lowest BCUT2D eigenvalue weighted by Crippen LogP contribution is -2.16. The summed E-state index contributed by atoms with van der Waals surface area (Å²) in [5, 5.41) is 0. The van der Waals surface area contributed by atoms with Gasteiger partial charge in [-0.25, -0.2) is 0 Å². The fraction of sp³-hybridized carbons (Fsp3) is 1.00. The third-order valence-electron chi connectivity index (χ3n) is 4.47. The number of likely N-dealkylation sites (tertiary alicyclic amines) is 2. The Morgan fingerprint density at radius 1 is 0.875 bits per heavy atom. The molecule has 0 aromatic rings. The molecular formula is C14H28N2. The van der Waals surface area contributed by atoms with Gasteiger partial charge in [0.1, 0.15) is 0 Å². The molecule has 2 saturated carbocycles. The molecule has 2 nitrogen and oxygen atoms in total. The van der Waals surface area contributed by atoms with Crippen LogP contribution in [0.4, 0.5) is 0 Å². The van der Waals surface area contributed by atoms with Crippen molar-refractivity contribution >= 4 is 0 Å². The minimum absolute atomic E-state index is 1.01. The summed E-state index contributed by atoms with van der Waals surface area (Å²) < 4.78 is 0. The molecule has 4 rings (SSSR count). The average molecular weight is 224 g/mol. The Morgan fingerprint density at radius 3 is 1.69 bits per heavy atom. The van der Waals surface area contributed by atoms with Crippen molar-refractivity contribution in [3.63, 3.8) is 0 Å². The molecule has 0 amide bonds. The van der Waals surface area contributed by atoms with E-state index in [-0.39, 0.29) is 0 Å². The summed E-state index contributed by atoms with van der Waals surface area (Å²) in [4.78, 5) is 4.91. The van der Waals surface area contributed by atoms with Gasteiger partial charge >= 0.3 is 0 Å². The molecular weight excluding hydrogens is 196 g/mol. The van der Waals surface area contributed by atoms with Crippen LogP contribution in [0.15, 0.2) is 0 Å². The summed E-state index contributed by atoms with van der Waals surface area (Å²) in [6, 6.07) is 1.01. The molecule has 0 N–H and O–H groups in total. The minimum Gasteiger partial charge on any atom is -0.306 e. The largest absolute Gasteiger partial charge is 0.306 e. The van der Waals surface area contributed by atoms with Crippen LogP contribution in [-0.4, -0.2) is 49.6 Å². The standard InChI is InChI=1S/2C6H11N.C2H6/c1-7-3-5-2-6(5)4-7;1-7-3-2-5-4-6(5)7;1-2/h2*5-6H,2-4H2,1H3;1-2H3. The summed E-state index contributed by atoms with van der Waals surface area (Å²) in [6.07, 6.45) is 4.50. The Morgan fingerprint density at radius 2 is 1.50 bits per heavy atom. The predicted molar refractivity (Wildman–Crippen MR) is 69.6 cm³/mol. The highest BCUT2D eigenvalue weighted by molar-refractivity contribution is 4.99. The molecule has 94 valence electrons. The number of fused-ring (bicyclic) bond motifs is 2. The molecule has 2 saturated heterocycles. The van der Waals surface area contributed by atoms with Gasteiger partial charge in [0.15, 0.2) is 0 Å². The maximum absolute atomic E-state index is 2.48. The van der Waals surface area contributed by atoms with Gasteiger partial charge in [0, 0.05) is 19.1 Å². The maximum atomic E-state index is 2.48. The minimum atomic E-state index is 1.01.